The SMILES string of the molecule is Cc1ccc2c(c1-c1c(O)ccc3c1CCCC3)CCCC2. The lowest BCUT2D eigenvalue weighted by Gasteiger charge is -2.26. The third-order valence-electron chi connectivity index (χ3n) is 5.50. The summed E-state index contributed by atoms with van der Waals surface area (Å²) in [5.74, 6) is 0.475. The van der Waals surface area contributed by atoms with E-state index in [0.717, 1.165) is 24.8 Å². The molecule has 1 nitrogen and oxygen atoms in total. The van der Waals surface area contributed by atoms with Crippen molar-refractivity contribution in [1.82, 2.24) is 0 Å². The van der Waals surface area contributed by atoms with Crippen LogP contribution in [0.1, 0.15) is 53.5 Å². The van der Waals surface area contributed by atoms with Crippen LogP contribution >= 0.6 is 0 Å². The molecule has 0 saturated carbocycles. The molecule has 0 saturated heterocycles. The minimum Gasteiger partial charge on any atom is -0.507 e. The van der Waals surface area contributed by atoms with Gasteiger partial charge in [0.1, 0.15) is 5.75 Å². The summed E-state index contributed by atoms with van der Waals surface area (Å²) in [5, 5.41) is 10.6. The molecule has 0 aliphatic heterocycles. The third kappa shape index (κ3) is 2.15. The lowest BCUT2D eigenvalue weighted by molar-refractivity contribution is 0.475. The second kappa shape index (κ2) is 5.46. The Morgan fingerprint density at radius 3 is 1.91 bits per heavy atom. The summed E-state index contributed by atoms with van der Waals surface area (Å²) in [6.07, 6.45) is 9.74. The van der Waals surface area contributed by atoms with Gasteiger partial charge in [0.05, 0.1) is 0 Å². The standard InChI is InChI=1S/C21H24O/c1-14-10-11-15-6-2-4-8-17(15)20(14)21-18-9-5-3-7-16(18)12-13-19(21)22/h10-13,22H,2-9H2,1H3. The summed E-state index contributed by atoms with van der Waals surface area (Å²) in [7, 11) is 0. The van der Waals surface area contributed by atoms with Crippen molar-refractivity contribution in [2.45, 2.75) is 58.3 Å². The second-order valence-electron chi connectivity index (χ2n) is 6.91. The zero-order valence-corrected chi connectivity index (χ0v) is 13.4. The van der Waals surface area contributed by atoms with Crippen LogP contribution in [0.5, 0.6) is 5.75 Å². The van der Waals surface area contributed by atoms with Crippen LogP contribution in [0.25, 0.3) is 11.1 Å². The Labute approximate surface area is 133 Å². The van der Waals surface area contributed by atoms with Crippen molar-refractivity contribution < 1.29 is 5.11 Å². The number of rotatable bonds is 1. The predicted molar refractivity (Wildman–Crippen MR) is 91.6 cm³/mol. The maximum atomic E-state index is 10.6. The monoisotopic (exact) mass is 292 g/mol. The first-order valence-corrected chi connectivity index (χ1v) is 8.71. The molecule has 0 heterocycles. The Morgan fingerprint density at radius 2 is 1.23 bits per heavy atom. The quantitative estimate of drug-likeness (QED) is 0.773. The molecule has 0 fully saturated rings. The van der Waals surface area contributed by atoms with E-state index in [-0.39, 0.29) is 0 Å². The number of aryl methyl sites for hydroxylation is 3. The molecule has 0 amide bonds. The molecule has 0 radical (unpaired) electrons. The smallest absolute Gasteiger partial charge is 0.123 e. The van der Waals surface area contributed by atoms with Crippen molar-refractivity contribution in [3.05, 3.63) is 52.1 Å². The van der Waals surface area contributed by atoms with Gasteiger partial charge in [-0.2, -0.15) is 0 Å². The number of hydrogen-bond acceptors (Lipinski definition) is 1. The van der Waals surface area contributed by atoms with E-state index in [0.29, 0.717) is 5.75 Å². The molecule has 2 aliphatic rings. The molecule has 0 unspecified atom stereocenters. The summed E-state index contributed by atoms with van der Waals surface area (Å²) < 4.78 is 0. The molecule has 2 aromatic rings. The van der Waals surface area contributed by atoms with Crippen LogP contribution in [0.3, 0.4) is 0 Å². The minimum atomic E-state index is 0.475. The van der Waals surface area contributed by atoms with Gasteiger partial charge in [0.2, 0.25) is 0 Å². The summed E-state index contributed by atoms with van der Waals surface area (Å²) in [6, 6.07) is 8.61. The van der Waals surface area contributed by atoms with Gasteiger partial charge in [0, 0.05) is 5.56 Å². The van der Waals surface area contributed by atoms with Gasteiger partial charge in [-0.1, -0.05) is 18.2 Å². The average Bonchev–Trinajstić information content (AvgIpc) is 2.56. The topological polar surface area (TPSA) is 20.2 Å². The van der Waals surface area contributed by atoms with E-state index in [9.17, 15) is 5.11 Å². The van der Waals surface area contributed by atoms with E-state index >= 15 is 0 Å². The molecule has 1 N–H and O–H groups in total. The van der Waals surface area contributed by atoms with E-state index in [2.05, 4.69) is 25.1 Å². The van der Waals surface area contributed by atoms with Crippen LogP contribution in [0.15, 0.2) is 24.3 Å². The molecule has 2 aromatic carbocycles. The van der Waals surface area contributed by atoms with Gasteiger partial charge in [-0.05, 0) is 97.7 Å². The molecular weight excluding hydrogens is 268 g/mol. The normalized spacial score (nSPS) is 17.0. The molecule has 0 aromatic heterocycles. The van der Waals surface area contributed by atoms with E-state index in [1.165, 1.54) is 65.5 Å². The lowest BCUT2D eigenvalue weighted by atomic mass is 9.79. The fourth-order valence-electron chi connectivity index (χ4n) is 4.39. The molecule has 22 heavy (non-hydrogen) atoms. The van der Waals surface area contributed by atoms with Crippen LogP contribution < -0.4 is 0 Å². The highest BCUT2D eigenvalue weighted by molar-refractivity contribution is 5.81. The number of aromatic hydroxyl groups is 1. The molecule has 114 valence electrons. The Morgan fingerprint density at radius 1 is 0.682 bits per heavy atom. The first-order chi connectivity index (χ1) is 10.8. The van der Waals surface area contributed by atoms with Gasteiger partial charge in [-0.25, -0.2) is 0 Å². The van der Waals surface area contributed by atoms with Gasteiger partial charge >= 0.3 is 0 Å². The van der Waals surface area contributed by atoms with Crippen molar-refractivity contribution in [2.75, 3.05) is 0 Å². The fraction of sp³-hybridized carbons (Fsp3) is 0.429. The maximum Gasteiger partial charge on any atom is 0.123 e. The van der Waals surface area contributed by atoms with Gasteiger partial charge in [-0.15, -0.1) is 0 Å². The molecular formula is C21H24O. The highest BCUT2D eigenvalue weighted by atomic mass is 16.3. The van der Waals surface area contributed by atoms with Gasteiger partial charge in [0.25, 0.3) is 0 Å². The van der Waals surface area contributed by atoms with Crippen LogP contribution in [0.4, 0.5) is 0 Å². The van der Waals surface area contributed by atoms with E-state index in [1.54, 1.807) is 0 Å². The summed E-state index contributed by atoms with van der Waals surface area (Å²) >= 11 is 0. The van der Waals surface area contributed by atoms with Crippen LogP contribution in [-0.4, -0.2) is 5.11 Å². The van der Waals surface area contributed by atoms with Crippen molar-refractivity contribution >= 4 is 0 Å². The molecule has 0 spiro atoms. The van der Waals surface area contributed by atoms with Gasteiger partial charge in [0.15, 0.2) is 0 Å². The number of benzene rings is 2. The first kappa shape index (κ1) is 13.9. The average molecular weight is 292 g/mol. The molecule has 0 bridgehead atoms. The molecule has 2 aliphatic carbocycles. The summed E-state index contributed by atoms with van der Waals surface area (Å²) in [6.45, 7) is 2.20. The van der Waals surface area contributed by atoms with Crippen molar-refractivity contribution in [1.29, 1.82) is 0 Å². The Balaban J connectivity index is 2.00. The Kier molecular flexibility index (Phi) is 3.44. The fourth-order valence-corrected chi connectivity index (χ4v) is 4.39. The van der Waals surface area contributed by atoms with Crippen LogP contribution in [0.2, 0.25) is 0 Å². The van der Waals surface area contributed by atoms with Crippen molar-refractivity contribution in [3.8, 4) is 16.9 Å². The largest absolute Gasteiger partial charge is 0.507 e. The number of hydrogen-bond donors (Lipinski definition) is 1. The first-order valence-electron chi connectivity index (χ1n) is 8.71. The van der Waals surface area contributed by atoms with E-state index in [1.807, 2.05) is 6.07 Å². The second-order valence-corrected chi connectivity index (χ2v) is 6.91. The zero-order valence-electron chi connectivity index (χ0n) is 13.4. The minimum absolute atomic E-state index is 0.475. The van der Waals surface area contributed by atoms with Gasteiger partial charge < -0.3 is 5.11 Å². The van der Waals surface area contributed by atoms with E-state index in [4.69, 9.17) is 0 Å². The highest BCUT2D eigenvalue weighted by Gasteiger charge is 2.23. The number of phenolic OH excluding ortho intramolecular Hbond substituents is 1. The molecule has 0 atom stereocenters. The van der Waals surface area contributed by atoms with Crippen LogP contribution in [-0.2, 0) is 25.7 Å². The predicted octanol–water partition coefficient (Wildman–Crippen LogP) is 5.13. The molecule has 1 heteroatoms. The van der Waals surface area contributed by atoms with E-state index < -0.39 is 0 Å². The number of fused-ring (bicyclic) bond motifs is 2. The van der Waals surface area contributed by atoms with Gasteiger partial charge in [-0.3, -0.25) is 0 Å². The van der Waals surface area contributed by atoms with Crippen molar-refractivity contribution in [2.24, 2.45) is 0 Å². The number of phenols is 1. The summed E-state index contributed by atoms with van der Waals surface area (Å²) in [5.41, 5.74) is 9.66. The lowest BCUT2D eigenvalue weighted by Crippen LogP contribution is -2.09. The Bertz CT molecular complexity index is 664. The highest BCUT2D eigenvalue weighted by Crippen LogP contribution is 2.43. The zero-order chi connectivity index (χ0) is 15.1. The third-order valence-corrected chi connectivity index (χ3v) is 5.50. The summed E-state index contributed by atoms with van der Waals surface area (Å²) in [4.78, 5) is 0. The Hall–Kier alpha value is -1.76. The maximum absolute atomic E-state index is 10.6. The van der Waals surface area contributed by atoms with Crippen molar-refractivity contribution in [3.63, 3.8) is 0 Å². The van der Waals surface area contributed by atoms with Crippen LogP contribution in [0, 0.1) is 6.92 Å². The molecule has 4 rings (SSSR count).